The number of aliphatic hydroxyl groups excluding tert-OH is 2. The maximum Gasteiger partial charge on any atom is 0.260 e. The Morgan fingerprint density at radius 2 is 1.58 bits per heavy atom. The summed E-state index contributed by atoms with van der Waals surface area (Å²) in [5.41, 5.74) is -4.74. The molecular formula is C36H33N3O9. The van der Waals surface area contributed by atoms with Crippen LogP contribution in [0.4, 0.5) is 5.69 Å². The number of phenolic OH excluding ortho intramolecular Hbond substituents is 1. The first-order valence-corrected chi connectivity index (χ1v) is 15.7. The number of H-pyrrole nitrogens is 1. The van der Waals surface area contributed by atoms with Gasteiger partial charge < -0.3 is 34.8 Å². The van der Waals surface area contributed by atoms with E-state index in [4.69, 9.17) is 4.74 Å². The van der Waals surface area contributed by atoms with Crippen LogP contribution in [0.5, 0.6) is 5.75 Å². The summed E-state index contributed by atoms with van der Waals surface area (Å²) in [4.78, 5) is 75.1. The zero-order chi connectivity index (χ0) is 34.2. The van der Waals surface area contributed by atoms with Gasteiger partial charge in [-0.05, 0) is 62.5 Å². The number of pyridine rings is 1. The predicted molar refractivity (Wildman–Crippen MR) is 181 cm³/mol. The second-order valence-electron chi connectivity index (χ2n) is 12.7. The highest BCUT2D eigenvalue weighted by atomic mass is 16.5. The van der Waals surface area contributed by atoms with E-state index in [0.29, 0.717) is 55.1 Å². The molecule has 1 saturated heterocycles. The maximum atomic E-state index is 14.1. The van der Waals surface area contributed by atoms with E-state index in [1.807, 2.05) is 32.0 Å². The number of aliphatic hydroxyl groups is 2. The number of aromatic nitrogens is 1. The lowest BCUT2D eigenvalue weighted by Crippen LogP contribution is -2.52. The molecule has 4 N–H and O–H groups in total. The highest BCUT2D eigenvalue weighted by Gasteiger charge is 2.53. The summed E-state index contributed by atoms with van der Waals surface area (Å²) in [6, 6.07) is 2.77. The fourth-order valence-electron chi connectivity index (χ4n) is 7.71. The SMILES string of the molecule is C/C=C/C=C/c1cc2c(CN(C)C)c3c(c(O)c2c(=O)[nH]1)[C@@]1(CC3)C(O)=c2c(=O)c3c(=O)cc(N4CCOCC4)c(=O)c=3c(=O)c2=C1O. The van der Waals surface area contributed by atoms with Crippen LogP contribution >= 0.6 is 0 Å². The lowest BCUT2D eigenvalue weighted by atomic mass is 9.77. The summed E-state index contributed by atoms with van der Waals surface area (Å²) in [7, 11) is 3.67. The van der Waals surface area contributed by atoms with E-state index in [2.05, 4.69) is 4.98 Å². The topological polar surface area (TPSA) is 178 Å². The number of aromatic amines is 1. The average molecular weight is 652 g/mol. The number of rotatable bonds is 5. The van der Waals surface area contributed by atoms with E-state index >= 15 is 0 Å². The Balaban J connectivity index is 1.59. The zero-order valence-corrected chi connectivity index (χ0v) is 26.6. The number of nitrogens with one attached hydrogen (secondary N) is 1. The Morgan fingerprint density at radius 1 is 0.917 bits per heavy atom. The lowest BCUT2D eigenvalue weighted by molar-refractivity contribution is 0.122. The minimum absolute atomic E-state index is 0.00214. The molecule has 7 rings (SSSR count). The first-order valence-electron chi connectivity index (χ1n) is 15.7. The minimum atomic E-state index is -1.97. The Hall–Kier alpha value is -5.33. The number of hydrogen-bond acceptors (Lipinski definition) is 11. The van der Waals surface area contributed by atoms with Crippen LogP contribution in [0.15, 0.2) is 54.3 Å². The fraction of sp³-hybridized carbons (Fsp3) is 0.306. The first-order chi connectivity index (χ1) is 22.9. The van der Waals surface area contributed by atoms with Gasteiger partial charge in [0.2, 0.25) is 16.3 Å². The molecule has 12 heteroatoms. The fourth-order valence-corrected chi connectivity index (χ4v) is 7.71. The van der Waals surface area contributed by atoms with Crippen molar-refractivity contribution in [2.24, 2.45) is 0 Å². The Bertz CT molecular complexity index is 2610. The number of benzene rings is 1. The van der Waals surface area contributed by atoms with Gasteiger partial charge in [-0.3, -0.25) is 24.0 Å². The minimum Gasteiger partial charge on any atom is -0.510 e. The lowest BCUT2D eigenvalue weighted by Gasteiger charge is -2.28. The van der Waals surface area contributed by atoms with Crippen molar-refractivity contribution in [2.45, 2.75) is 31.7 Å². The molecule has 246 valence electrons. The van der Waals surface area contributed by atoms with E-state index in [0.717, 1.165) is 6.07 Å². The molecule has 0 radical (unpaired) electrons. The van der Waals surface area contributed by atoms with Crippen molar-refractivity contribution in [1.82, 2.24) is 9.88 Å². The van der Waals surface area contributed by atoms with Gasteiger partial charge in [-0.1, -0.05) is 18.2 Å². The highest BCUT2D eigenvalue weighted by Crippen LogP contribution is 2.55. The van der Waals surface area contributed by atoms with Crippen LogP contribution in [0.2, 0.25) is 0 Å². The van der Waals surface area contributed by atoms with Gasteiger partial charge >= 0.3 is 0 Å². The van der Waals surface area contributed by atoms with Gasteiger partial charge in [0.15, 0.2) is 5.43 Å². The van der Waals surface area contributed by atoms with Crippen LogP contribution in [-0.4, -0.2) is 65.6 Å². The Morgan fingerprint density at radius 3 is 2.23 bits per heavy atom. The van der Waals surface area contributed by atoms with Gasteiger partial charge in [-0.25, -0.2) is 0 Å². The Labute approximate surface area is 271 Å². The van der Waals surface area contributed by atoms with Crippen molar-refractivity contribution in [3.63, 3.8) is 0 Å². The predicted octanol–water partition coefficient (Wildman–Crippen LogP) is -0.00742. The summed E-state index contributed by atoms with van der Waals surface area (Å²) in [5, 5.41) is 33.6. The maximum absolute atomic E-state index is 14.1. The van der Waals surface area contributed by atoms with Crippen LogP contribution in [0, 0.1) is 10.4 Å². The number of aromatic hydroxyl groups is 1. The monoisotopic (exact) mass is 651 g/mol. The molecular weight excluding hydrogens is 618 g/mol. The van der Waals surface area contributed by atoms with E-state index < -0.39 is 70.8 Å². The summed E-state index contributed by atoms with van der Waals surface area (Å²) >= 11 is 0. The number of ether oxygens (including phenoxy) is 1. The molecule has 2 heterocycles. The molecule has 0 bridgehead atoms. The highest BCUT2D eigenvalue weighted by molar-refractivity contribution is 5.97. The van der Waals surface area contributed by atoms with Gasteiger partial charge in [-0.15, -0.1) is 0 Å². The molecule has 2 aromatic rings. The van der Waals surface area contributed by atoms with Crippen molar-refractivity contribution in [2.75, 3.05) is 45.3 Å². The molecule has 12 nitrogen and oxygen atoms in total. The number of nitrogens with zero attached hydrogens (tertiary/aromatic N) is 2. The molecule has 1 fully saturated rings. The number of phenols is 1. The third-order valence-electron chi connectivity index (χ3n) is 9.77. The van der Waals surface area contributed by atoms with Gasteiger partial charge in [0.05, 0.1) is 45.2 Å². The van der Waals surface area contributed by atoms with E-state index in [1.54, 1.807) is 29.2 Å². The zero-order valence-electron chi connectivity index (χ0n) is 26.6. The number of morpholine rings is 1. The van der Waals surface area contributed by atoms with Crippen molar-refractivity contribution in [1.29, 1.82) is 0 Å². The number of hydrogen-bond donors (Lipinski definition) is 4. The molecule has 5 aliphatic rings. The smallest absolute Gasteiger partial charge is 0.260 e. The average Bonchev–Trinajstić information content (AvgIpc) is 3.56. The molecule has 1 aromatic heterocycles. The molecule has 0 unspecified atom stereocenters. The van der Waals surface area contributed by atoms with Gasteiger partial charge in [0, 0.05) is 37.0 Å². The van der Waals surface area contributed by atoms with Crippen LogP contribution in [0.1, 0.15) is 35.7 Å². The third-order valence-corrected chi connectivity index (χ3v) is 9.77. The number of anilines is 1. The van der Waals surface area contributed by atoms with Gasteiger partial charge in [0.1, 0.15) is 22.7 Å². The largest absolute Gasteiger partial charge is 0.510 e. The quantitative estimate of drug-likeness (QED) is 0.214. The second kappa shape index (κ2) is 11.1. The van der Waals surface area contributed by atoms with E-state index in [-0.39, 0.29) is 29.5 Å². The number of allylic oxidation sites excluding steroid dienone is 3. The molecule has 0 amide bonds. The van der Waals surface area contributed by atoms with Crippen molar-refractivity contribution < 1.29 is 20.1 Å². The normalized spacial score (nSPS) is 19.3. The van der Waals surface area contributed by atoms with Gasteiger partial charge in [0.25, 0.3) is 5.56 Å². The first kappa shape index (κ1) is 31.3. The molecule has 1 spiro atoms. The van der Waals surface area contributed by atoms with Crippen LogP contribution < -0.4 is 42.6 Å². The molecule has 1 atom stereocenters. The standard InChI is InChI=1S/C36H33N3O9/c1-4-5-6-7-17-14-19-20(16-38(2)3)18-8-9-36(28(18)32(44)23(19)35(47)37-17)33(45)26-27(34(36)46)31(43)25-24(30(26)42)22(40)15-21(29(25)41)39-10-12-48-13-11-39/h4-7,14-15,44-46H,8-13,16H2,1-3H3,(H,37,47)/b5-4+,7-6+/t36-/m0/s1. The molecule has 1 aliphatic heterocycles. The van der Waals surface area contributed by atoms with E-state index in [1.165, 1.54) is 0 Å². The van der Waals surface area contributed by atoms with Crippen LogP contribution in [0.25, 0.3) is 28.4 Å². The molecule has 48 heavy (non-hydrogen) atoms. The van der Waals surface area contributed by atoms with Crippen molar-refractivity contribution in [3.8, 4) is 5.75 Å². The molecule has 1 aromatic carbocycles. The summed E-state index contributed by atoms with van der Waals surface area (Å²) in [6.45, 7) is 3.37. The van der Waals surface area contributed by atoms with Gasteiger partial charge in [-0.2, -0.15) is 0 Å². The van der Waals surface area contributed by atoms with Crippen LogP contribution in [-0.2, 0) is 23.1 Å². The second-order valence-corrected chi connectivity index (χ2v) is 12.7. The van der Waals surface area contributed by atoms with Crippen molar-refractivity contribution >= 4 is 34.1 Å². The van der Waals surface area contributed by atoms with Crippen molar-refractivity contribution in [3.05, 3.63) is 125 Å². The summed E-state index contributed by atoms with van der Waals surface area (Å²) < 4.78 is 5.34. The van der Waals surface area contributed by atoms with Crippen LogP contribution in [0.3, 0.4) is 0 Å². The molecule has 0 saturated carbocycles. The Kier molecular flexibility index (Phi) is 7.26. The number of fused-ring (bicyclic) bond motifs is 4. The summed E-state index contributed by atoms with van der Waals surface area (Å²) in [6.07, 6.45) is 7.25. The summed E-state index contributed by atoms with van der Waals surface area (Å²) in [5.74, 6) is -1.94. The molecule has 4 aliphatic carbocycles. The third kappa shape index (κ3) is 4.18. The van der Waals surface area contributed by atoms with E-state index in [9.17, 15) is 39.3 Å².